The van der Waals surface area contributed by atoms with E-state index in [9.17, 15) is 0 Å². The van der Waals surface area contributed by atoms with Crippen LogP contribution in [-0.2, 0) is 0 Å². The molecule has 1 aromatic rings. The van der Waals surface area contributed by atoms with Crippen LogP contribution in [0.3, 0.4) is 0 Å². The summed E-state index contributed by atoms with van der Waals surface area (Å²) >= 11 is 0. The van der Waals surface area contributed by atoms with Crippen molar-refractivity contribution < 1.29 is 0 Å². The summed E-state index contributed by atoms with van der Waals surface area (Å²) in [5.41, 5.74) is 2.00. The van der Waals surface area contributed by atoms with E-state index in [0.29, 0.717) is 0 Å². The van der Waals surface area contributed by atoms with Crippen LogP contribution < -0.4 is 4.90 Å². The van der Waals surface area contributed by atoms with E-state index in [4.69, 9.17) is 0 Å². The van der Waals surface area contributed by atoms with Crippen LogP contribution in [0.5, 0.6) is 0 Å². The van der Waals surface area contributed by atoms with Crippen molar-refractivity contribution in [2.75, 3.05) is 19.0 Å². The van der Waals surface area contributed by atoms with Crippen molar-refractivity contribution in [1.82, 2.24) is 4.98 Å². The van der Waals surface area contributed by atoms with E-state index in [2.05, 4.69) is 23.4 Å². The van der Waals surface area contributed by atoms with Gasteiger partial charge in [-0.15, -0.1) is 0 Å². The molecule has 0 atom stereocenters. The van der Waals surface area contributed by atoms with Gasteiger partial charge in [0.05, 0.1) is 11.3 Å². The highest BCUT2D eigenvalue weighted by molar-refractivity contribution is 5.58. The van der Waals surface area contributed by atoms with Crippen molar-refractivity contribution in [2.24, 2.45) is 0 Å². The maximum Gasteiger partial charge on any atom is 0.0665 e. The molecular formula is C11H12N2. The fourth-order valence-electron chi connectivity index (χ4n) is 1.00. The molecule has 1 aromatic heterocycles. The van der Waals surface area contributed by atoms with E-state index in [1.54, 1.807) is 18.5 Å². The molecule has 0 aliphatic rings. The molecule has 0 aromatic carbocycles. The second-order valence-electron chi connectivity index (χ2n) is 2.76. The maximum atomic E-state index is 4.02. The molecule has 66 valence electrons. The molecule has 0 saturated carbocycles. The van der Waals surface area contributed by atoms with Crippen LogP contribution in [0.15, 0.2) is 31.1 Å². The van der Waals surface area contributed by atoms with Gasteiger partial charge in [0.1, 0.15) is 0 Å². The monoisotopic (exact) mass is 172 g/mol. The zero-order chi connectivity index (χ0) is 9.68. The summed E-state index contributed by atoms with van der Waals surface area (Å²) in [5, 5.41) is 0. The Morgan fingerprint density at radius 1 is 1.54 bits per heavy atom. The molecule has 2 heteroatoms. The quantitative estimate of drug-likeness (QED) is 0.599. The van der Waals surface area contributed by atoms with E-state index in [-0.39, 0.29) is 0 Å². The van der Waals surface area contributed by atoms with E-state index in [1.165, 1.54) is 0 Å². The van der Waals surface area contributed by atoms with Gasteiger partial charge in [0, 0.05) is 26.5 Å². The fourth-order valence-corrected chi connectivity index (χ4v) is 1.00. The molecule has 0 aliphatic heterocycles. The van der Waals surface area contributed by atoms with Crippen molar-refractivity contribution in [3.63, 3.8) is 0 Å². The SMILES string of the molecule is C=CC#Cc1cnccc1N(C)C. The highest BCUT2D eigenvalue weighted by Gasteiger charge is 1.99. The van der Waals surface area contributed by atoms with Gasteiger partial charge in [-0.25, -0.2) is 0 Å². The average molecular weight is 172 g/mol. The van der Waals surface area contributed by atoms with Crippen molar-refractivity contribution in [2.45, 2.75) is 0 Å². The van der Waals surface area contributed by atoms with Crippen molar-refractivity contribution in [1.29, 1.82) is 0 Å². The first-order valence-corrected chi connectivity index (χ1v) is 3.99. The van der Waals surface area contributed by atoms with Crippen LogP contribution >= 0.6 is 0 Å². The molecule has 0 aliphatic carbocycles. The average Bonchev–Trinajstić information content (AvgIpc) is 2.15. The molecule has 0 spiro atoms. The van der Waals surface area contributed by atoms with Crippen LogP contribution in [0.1, 0.15) is 5.56 Å². The number of hydrogen-bond acceptors (Lipinski definition) is 2. The zero-order valence-electron chi connectivity index (χ0n) is 7.91. The third-order valence-electron chi connectivity index (χ3n) is 1.59. The highest BCUT2D eigenvalue weighted by Crippen LogP contribution is 2.14. The molecule has 0 amide bonds. The fraction of sp³-hybridized carbons (Fsp3) is 0.182. The molecule has 1 rings (SSSR count). The molecule has 1 heterocycles. The number of pyridine rings is 1. The maximum absolute atomic E-state index is 4.02. The van der Waals surface area contributed by atoms with Crippen LogP contribution in [0.25, 0.3) is 0 Å². The van der Waals surface area contributed by atoms with Gasteiger partial charge in [-0.1, -0.05) is 18.4 Å². The number of allylic oxidation sites excluding steroid dienone is 1. The zero-order valence-corrected chi connectivity index (χ0v) is 7.91. The Bertz CT molecular complexity index is 356. The molecular weight excluding hydrogens is 160 g/mol. The predicted molar refractivity (Wildman–Crippen MR) is 55.6 cm³/mol. The summed E-state index contributed by atoms with van der Waals surface area (Å²) in [6.45, 7) is 3.54. The number of hydrogen-bond donors (Lipinski definition) is 0. The molecule has 0 radical (unpaired) electrons. The summed E-state index contributed by atoms with van der Waals surface area (Å²) in [6, 6.07) is 1.94. The van der Waals surface area contributed by atoms with Crippen molar-refractivity contribution >= 4 is 5.69 Å². The lowest BCUT2D eigenvalue weighted by Crippen LogP contribution is -2.10. The molecule has 0 saturated heterocycles. The molecule has 0 bridgehead atoms. The molecule has 13 heavy (non-hydrogen) atoms. The number of nitrogens with zero attached hydrogens (tertiary/aromatic N) is 2. The first-order chi connectivity index (χ1) is 6.25. The summed E-state index contributed by atoms with van der Waals surface area (Å²) < 4.78 is 0. The Balaban J connectivity index is 3.11. The van der Waals surface area contributed by atoms with E-state index in [1.807, 2.05) is 25.1 Å². The standard InChI is InChI=1S/C11H12N2/c1-4-5-6-10-9-12-8-7-11(10)13(2)3/h4,7-9H,1H2,2-3H3. The molecule has 2 nitrogen and oxygen atoms in total. The van der Waals surface area contributed by atoms with Gasteiger partial charge >= 0.3 is 0 Å². The molecule has 0 unspecified atom stereocenters. The lowest BCUT2D eigenvalue weighted by atomic mass is 10.2. The van der Waals surface area contributed by atoms with Crippen LogP contribution in [0.2, 0.25) is 0 Å². The minimum atomic E-state index is 0.924. The van der Waals surface area contributed by atoms with Gasteiger partial charge in [0.2, 0.25) is 0 Å². The second kappa shape index (κ2) is 4.32. The smallest absolute Gasteiger partial charge is 0.0665 e. The Hall–Kier alpha value is -1.75. The number of anilines is 1. The first kappa shape index (κ1) is 9.34. The number of rotatable bonds is 1. The lowest BCUT2D eigenvalue weighted by molar-refractivity contribution is 1.11. The normalized spacial score (nSPS) is 8.46. The summed E-state index contributed by atoms with van der Waals surface area (Å²) in [5.74, 6) is 5.78. The van der Waals surface area contributed by atoms with Gasteiger partial charge < -0.3 is 4.90 Å². The van der Waals surface area contributed by atoms with Crippen LogP contribution in [-0.4, -0.2) is 19.1 Å². The Morgan fingerprint density at radius 2 is 2.31 bits per heavy atom. The Kier molecular flexibility index (Phi) is 3.10. The molecule has 0 fully saturated rings. The van der Waals surface area contributed by atoms with Crippen LogP contribution in [0, 0.1) is 11.8 Å². The molecule has 0 N–H and O–H groups in total. The first-order valence-electron chi connectivity index (χ1n) is 3.99. The van der Waals surface area contributed by atoms with Crippen LogP contribution in [0.4, 0.5) is 5.69 Å². The highest BCUT2D eigenvalue weighted by atomic mass is 15.1. The second-order valence-corrected chi connectivity index (χ2v) is 2.76. The Labute approximate surface area is 78.9 Å². The minimum Gasteiger partial charge on any atom is -0.377 e. The summed E-state index contributed by atoms with van der Waals surface area (Å²) in [4.78, 5) is 6.03. The van der Waals surface area contributed by atoms with Gasteiger partial charge in [-0.05, 0) is 12.1 Å². The van der Waals surface area contributed by atoms with E-state index < -0.39 is 0 Å². The predicted octanol–water partition coefficient (Wildman–Crippen LogP) is 1.69. The number of aromatic nitrogens is 1. The van der Waals surface area contributed by atoms with E-state index >= 15 is 0 Å². The van der Waals surface area contributed by atoms with Gasteiger partial charge in [-0.3, -0.25) is 4.98 Å². The Morgan fingerprint density at radius 3 is 2.92 bits per heavy atom. The largest absolute Gasteiger partial charge is 0.377 e. The third kappa shape index (κ3) is 2.34. The lowest BCUT2D eigenvalue weighted by Gasteiger charge is -2.13. The van der Waals surface area contributed by atoms with Gasteiger partial charge in [-0.2, -0.15) is 0 Å². The topological polar surface area (TPSA) is 16.1 Å². The van der Waals surface area contributed by atoms with Gasteiger partial charge in [0.25, 0.3) is 0 Å². The summed E-state index contributed by atoms with van der Waals surface area (Å²) in [6.07, 6.45) is 5.09. The van der Waals surface area contributed by atoms with Crippen molar-refractivity contribution in [3.05, 3.63) is 36.7 Å². The van der Waals surface area contributed by atoms with E-state index in [0.717, 1.165) is 11.3 Å². The van der Waals surface area contributed by atoms with Gasteiger partial charge in [0.15, 0.2) is 0 Å². The third-order valence-corrected chi connectivity index (χ3v) is 1.59. The van der Waals surface area contributed by atoms with Crippen molar-refractivity contribution in [3.8, 4) is 11.8 Å². The summed E-state index contributed by atoms with van der Waals surface area (Å²) in [7, 11) is 3.96. The minimum absolute atomic E-state index is 0.924.